The van der Waals surface area contributed by atoms with Gasteiger partial charge < -0.3 is 4.42 Å². The first-order chi connectivity index (χ1) is 9.84. The SMILES string of the molecule is Cc1oc(CCl)cc1S(=O)(=O)N(C)Cc1cccc(Cl)c1. The van der Waals surface area contributed by atoms with E-state index in [1.165, 1.54) is 17.4 Å². The zero-order valence-corrected chi connectivity index (χ0v) is 14.0. The van der Waals surface area contributed by atoms with E-state index in [1.54, 1.807) is 25.1 Å². The van der Waals surface area contributed by atoms with E-state index in [0.29, 0.717) is 16.5 Å². The molecule has 0 aliphatic carbocycles. The van der Waals surface area contributed by atoms with Gasteiger partial charge in [0.1, 0.15) is 16.4 Å². The fourth-order valence-electron chi connectivity index (χ4n) is 1.99. The van der Waals surface area contributed by atoms with Crippen LogP contribution in [0.4, 0.5) is 0 Å². The van der Waals surface area contributed by atoms with Crippen LogP contribution in [0.2, 0.25) is 5.02 Å². The molecule has 0 atom stereocenters. The molecule has 0 fully saturated rings. The van der Waals surface area contributed by atoms with E-state index < -0.39 is 10.0 Å². The summed E-state index contributed by atoms with van der Waals surface area (Å²) in [6.07, 6.45) is 0. The minimum atomic E-state index is -3.63. The number of nitrogens with zero attached hydrogens (tertiary/aromatic N) is 1. The van der Waals surface area contributed by atoms with Crippen molar-refractivity contribution in [2.24, 2.45) is 0 Å². The molecule has 0 N–H and O–H groups in total. The van der Waals surface area contributed by atoms with Crippen molar-refractivity contribution in [3.05, 3.63) is 52.4 Å². The highest BCUT2D eigenvalue weighted by atomic mass is 35.5. The fraction of sp³-hybridized carbons (Fsp3) is 0.286. The van der Waals surface area contributed by atoms with Gasteiger partial charge in [0.25, 0.3) is 0 Å². The molecular weight excluding hydrogens is 333 g/mol. The Hall–Kier alpha value is -1.01. The molecular formula is C14H15Cl2NO3S. The Labute approximate surface area is 134 Å². The van der Waals surface area contributed by atoms with Gasteiger partial charge in [-0.15, -0.1) is 11.6 Å². The third kappa shape index (κ3) is 3.61. The third-order valence-electron chi connectivity index (χ3n) is 3.04. The molecule has 4 nitrogen and oxygen atoms in total. The first-order valence-corrected chi connectivity index (χ1v) is 8.56. The Balaban J connectivity index is 2.28. The van der Waals surface area contributed by atoms with Gasteiger partial charge in [0.2, 0.25) is 10.0 Å². The van der Waals surface area contributed by atoms with Crippen LogP contribution >= 0.6 is 23.2 Å². The van der Waals surface area contributed by atoms with E-state index in [0.717, 1.165) is 5.56 Å². The molecule has 0 amide bonds. The van der Waals surface area contributed by atoms with Crippen LogP contribution in [0.3, 0.4) is 0 Å². The molecule has 0 saturated heterocycles. The molecule has 2 aromatic rings. The van der Waals surface area contributed by atoms with Crippen molar-refractivity contribution in [2.45, 2.75) is 24.2 Å². The maximum absolute atomic E-state index is 12.6. The summed E-state index contributed by atoms with van der Waals surface area (Å²) in [6, 6.07) is 8.55. The number of rotatable bonds is 5. The normalized spacial score (nSPS) is 12.0. The number of furan rings is 1. The molecule has 1 aromatic carbocycles. The average Bonchev–Trinajstić information content (AvgIpc) is 2.80. The topological polar surface area (TPSA) is 50.5 Å². The van der Waals surface area contributed by atoms with Gasteiger partial charge in [0.15, 0.2) is 0 Å². The summed E-state index contributed by atoms with van der Waals surface area (Å²) in [5.41, 5.74) is 0.812. The van der Waals surface area contributed by atoms with Gasteiger partial charge in [0, 0.05) is 24.7 Å². The monoisotopic (exact) mass is 347 g/mol. The van der Waals surface area contributed by atoms with Crippen LogP contribution in [-0.4, -0.2) is 19.8 Å². The number of benzene rings is 1. The smallest absolute Gasteiger partial charge is 0.246 e. The van der Waals surface area contributed by atoms with E-state index >= 15 is 0 Å². The van der Waals surface area contributed by atoms with Crippen LogP contribution in [0.1, 0.15) is 17.1 Å². The molecule has 0 radical (unpaired) electrons. The van der Waals surface area contributed by atoms with Crippen LogP contribution in [0.15, 0.2) is 39.6 Å². The summed E-state index contributed by atoms with van der Waals surface area (Å²) in [7, 11) is -2.12. The van der Waals surface area contributed by atoms with E-state index in [4.69, 9.17) is 27.6 Å². The highest BCUT2D eigenvalue weighted by Crippen LogP contribution is 2.25. The van der Waals surface area contributed by atoms with E-state index in [-0.39, 0.29) is 17.3 Å². The van der Waals surface area contributed by atoms with Gasteiger partial charge in [-0.3, -0.25) is 0 Å². The van der Waals surface area contributed by atoms with Crippen molar-refractivity contribution >= 4 is 33.2 Å². The molecule has 7 heteroatoms. The Morgan fingerprint density at radius 2 is 2.00 bits per heavy atom. The first kappa shape index (κ1) is 16.4. The molecule has 0 bridgehead atoms. The van der Waals surface area contributed by atoms with Crippen LogP contribution < -0.4 is 0 Å². The number of halogens is 2. The first-order valence-electron chi connectivity index (χ1n) is 6.20. The van der Waals surface area contributed by atoms with Gasteiger partial charge in [-0.2, -0.15) is 4.31 Å². The highest BCUT2D eigenvalue weighted by Gasteiger charge is 2.26. The summed E-state index contributed by atoms with van der Waals surface area (Å²) in [5, 5.41) is 0.571. The summed E-state index contributed by atoms with van der Waals surface area (Å²) in [4.78, 5) is 0.141. The van der Waals surface area contributed by atoms with Crippen molar-refractivity contribution in [3.8, 4) is 0 Å². The molecule has 21 heavy (non-hydrogen) atoms. The second-order valence-corrected chi connectivity index (χ2v) is 7.37. The summed E-state index contributed by atoms with van der Waals surface area (Å²) in [6.45, 7) is 1.83. The average molecular weight is 348 g/mol. The minimum Gasteiger partial charge on any atom is -0.464 e. The lowest BCUT2D eigenvalue weighted by molar-refractivity contribution is 0.459. The Kier molecular flexibility index (Phi) is 4.99. The molecule has 0 aliphatic heterocycles. The maximum Gasteiger partial charge on any atom is 0.246 e. The van der Waals surface area contributed by atoms with Crippen molar-refractivity contribution in [3.63, 3.8) is 0 Å². The zero-order valence-electron chi connectivity index (χ0n) is 11.6. The predicted octanol–water partition coefficient (Wildman–Crippen LogP) is 3.80. The zero-order chi connectivity index (χ0) is 15.6. The molecule has 114 valence electrons. The lowest BCUT2D eigenvalue weighted by atomic mass is 10.2. The van der Waals surface area contributed by atoms with E-state index in [1.807, 2.05) is 6.07 Å². The van der Waals surface area contributed by atoms with Crippen molar-refractivity contribution in [1.82, 2.24) is 4.31 Å². The predicted molar refractivity (Wildman–Crippen MR) is 83.1 cm³/mol. The van der Waals surface area contributed by atoms with Crippen LogP contribution in [-0.2, 0) is 22.4 Å². The molecule has 1 aromatic heterocycles. The molecule has 0 aliphatic rings. The number of aryl methyl sites for hydroxylation is 1. The molecule has 2 rings (SSSR count). The maximum atomic E-state index is 12.6. The van der Waals surface area contributed by atoms with Gasteiger partial charge in [-0.05, 0) is 24.6 Å². The van der Waals surface area contributed by atoms with Gasteiger partial charge in [0.05, 0.1) is 5.88 Å². The van der Waals surface area contributed by atoms with Gasteiger partial charge >= 0.3 is 0 Å². The highest BCUT2D eigenvalue weighted by molar-refractivity contribution is 7.89. The number of hydrogen-bond donors (Lipinski definition) is 0. The van der Waals surface area contributed by atoms with E-state index in [9.17, 15) is 8.42 Å². The van der Waals surface area contributed by atoms with Crippen LogP contribution in [0.5, 0.6) is 0 Å². The second kappa shape index (κ2) is 6.40. The van der Waals surface area contributed by atoms with Gasteiger partial charge in [-0.25, -0.2) is 8.42 Å². The lowest BCUT2D eigenvalue weighted by Gasteiger charge is -2.16. The van der Waals surface area contributed by atoms with Crippen molar-refractivity contribution in [2.75, 3.05) is 7.05 Å². The number of hydrogen-bond acceptors (Lipinski definition) is 3. The van der Waals surface area contributed by atoms with Crippen molar-refractivity contribution < 1.29 is 12.8 Å². The van der Waals surface area contributed by atoms with Crippen LogP contribution in [0.25, 0.3) is 0 Å². The minimum absolute atomic E-state index is 0.133. The molecule has 0 unspecified atom stereocenters. The van der Waals surface area contributed by atoms with Gasteiger partial charge in [-0.1, -0.05) is 23.7 Å². The van der Waals surface area contributed by atoms with Crippen molar-refractivity contribution in [1.29, 1.82) is 0 Å². The molecule has 0 spiro atoms. The summed E-state index contributed by atoms with van der Waals surface area (Å²) >= 11 is 11.6. The number of alkyl halides is 1. The largest absolute Gasteiger partial charge is 0.464 e. The summed E-state index contributed by atoms with van der Waals surface area (Å²) < 4.78 is 31.7. The Morgan fingerprint density at radius 1 is 1.29 bits per heavy atom. The van der Waals surface area contributed by atoms with Crippen LogP contribution in [0, 0.1) is 6.92 Å². The second-order valence-electron chi connectivity index (χ2n) is 4.66. The fourth-order valence-corrected chi connectivity index (χ4v) is 3.68. The summed E-state index contributed by atoms with van der Waals surface area (Å²) in [5.74, 6) is 0.904. The Bertz CT molecular complexity index is 740. The quantitative estimate of drug-likeness (QED) is 0.773. The molecule has 0 saturated carbocycles. The molecule has 1 heterocycles. The number of sulfonamides is 1. The van der Waals surface area contributed by atoms with E-state index in [2.05, 4.69) is 0 Å². The Morgan fingerprint density at radius 3 is 2.57 bits per heavy atom. The third-order valence-corrected chi connectivity index (χ3v) is 5.45. The lowest BCUT2D eigenvalue weighted by Crippen LogP contribution is -2.26. The standard InChI is InChI=1S/C14H15Cl2NO3S/c1-10-14(7-13(8-15)20-10)21(18,19)17(2)9-11-4-3-5-12(16)6-11/h3-7H,8-9H2,1-2H3.